The normalized spacial score (nSPS) is 20.2. The van der Waals surface area contributed by atoms with Crippen molar-refractivity contribution >= 4 is 28.3 Å². The zero-order valence-corrected chi connectivity index (χ0v) is 17.7. The van der Waals surface area contributed by atoms with Crippen LogP contribution < -0.4 is 10.1 Å². The molecule has 0 saturated carbocycles. The number of hydrogen-bond donors (Lipinski definition) is 1. The second kappa shape index (κ2) is 7.87. The molecule has 1 N–H and O–H groups in total. The van der Waals surface area contributed by atoms with Crippen molar-refractivity contribution in [2.45, 2.75) is 45.1 Å². The van der Waals surface area contributed by atoms with Crippen LogP contribution in [0.5, 0.6) is 5.75 Å². The van der Waals surface area contributed by atoms with Gasteiger partial charge in [0.25, 0.3) is 0 Å². The van der Waals surface area contributed by atoms with Gasteiger partial charge in [0.15, 0.2) is 0 Å². The average Bonchev–Trinajstić information content (AvgIpc) is 3.13. The summed E-state index contributed by atoms with van der Waals surface area (Å²) in [6.45, 7) is 6.17. The Morgan fingerprint density at radius 3 is 2.50 bits per heavy atom. The molecule has 1 aromatic heterocycles. The first-order valence-corrected chi connectivity index (χ1v) is 10.1. The quantitative estimate of drug-likeness (QED) is 0.847. The number of ether oxygens (including phenoxy) is 1. The zero-order valence-electron chi connectivity index (χ0n) is 16.9. The molecule has 1 aliphatic heterocycles. The Bertz CT molecular complexity index is 857. The fourth-order valence-electron chi connectivity index (χ4n) is 3.34. The summed E-state index contributed by atoms with van der Waals surface area (Å²) in [4.78, 5) is 27.0. The topological polar surface area (TPSA) is 84.4 Å². The summed E-state index contributed by atoms with van der Waals surface area (Å²) in [7, 11) is 3.36. The molecule has 1 aromatic carbocycles. The lowest BCUT2D eigenvalue weighted by Crippen LogP contribution is -2.44. The molecule has 3 rings (SSSR count). The number of amides is 2. The first-order valence-electron chi connectivity index (χ1n) is 9.25. The lowest BCUT2D eigenvalue weighted by atomic mass is 9.84. The summed E-state index contributed by atoms with van der Waals surface area (Å²) >= 11 is 1.38. The predicted octanol–water partition coefficient (Wildman–Crippen LogP) is 3.39. The molecular weight excluding hydrogens is 376 g/mol. The van der Waals surface area contributed by atoms with Crippen molar-refractivity contribution in [1.29, 1.82) is 0 Å². The smallest absolute Gasteiger partial charge is 0.231 e. The minimum atomic E-state index is -0.363. The number of nitrogens with one attached hydrogen (secondary N) is 1. The molecule has 2 aromatic rings. The van der Waals surface area contributed by atoms with E-state index in [4.69, 9.17) is 4.74 Å². The van der Waals surface area contributed by atoms with E-state index in [0.29, 0.717) is 18.0 Å². The Morgan fingerprint density at radius 1 is 1.25 bits per heavy atom. The van der Waals surface area contributed by atoms with Gasteiger partial charge in [0.1, 0.15) is 10.8 Å². The van der Waals surface area contributed by atoms with Gasteiger partial charge >= 0.3 is 0 Å². The van der Waals surface area contributed by atoms with Crippen LogP contribution in [0.25, 0.3) is 0 Å². The van der Waals surface area contributed by atoms with Gasteiger partial charge < -0.3 is 15.0 Å². The summed E-state index contributed by atoms with van der Waals surface area (Å²) in [5, 5.41) is 12.6. The Kier molecular flexibility index (Phi) is 5.69. The summed E-state index contributed by atoms with van der Waals surface area (Å²) in [6.07, 6.45) is 0.848. The van der Waals surface area contributed by atoms with Gasteiger partial charge in [0.2, 0.25) is 16.9 Å². The van der Waals surface area contributed by atoms with Crippen LogP contribution in [0, 0.1) is 5.92 Å². The molecule has 0 radical (unpaired) electrons. The largest absolute Gasteiger partial charge is 0.497 e. The van der Waals surface area contributed by atoms with E-state index in [2.05, 4.69) is 36.3 Å². The third-order valence-corrected chi connectivity index (χ3v) is 6.22. The molecule has 1 aliphatic rings. The molecule has 2 heterocycles. The molecule has 1 fully saturated rings. The van der Waals surface area contributed by atoms with Crippen LogP contribution in [-0.2, 0) is 15.0 Å². The van der Waals surface area contributed by atoms with Crippen LogP contribution in [-0.4, -0.2) is 41.1 Å². The lowest BCUT2D eigenvalue weighted by molar-refractivity contribution is -0.140. The highest BCUT2D eigenvalue weighted by Gasteiger charge is 2.39. The Hall–Kier alpha value is -2.48. The predicted molar refractivity (Wildman–Crippen MR) is 108 cm³/mol. The summed E-state index contributed by atoms with van der Waals surface area (Å²) in [5.74, 6) is 0.267. The SMILES string of the molecule is COc1ccc(C2C(C(=O)Nc3nnc(C(C)(C)C)s3)CCC(=O)N2C)cc1. The first kappa shape index (κ1) is 20.3. The number of rotatable bonds is 4. The highest BCUT2D eigenvalue weighted by molar-refractivity contribution is 7.15. The summed E-state index contributed by atoms with van der Waals surface area (Å²) < 4.78 is 5.21. The maximum Gasteiger partial charge on any atom is 0.231 e. The molecule has 0 bridgehead atoms. The minimum Gasteiger partial charge on any atom is -0.497 e. The van der Waals surface area contributed by atoms with Gasteiger partial charge in [-0.05, 0) is 24.1 Å². The molecule has 2 unspecified atom stereocenters. The maximum atomic E-state index is 13.1. The Balaban J connectivity index is 1.83. The lowest BCUT2D eigenvalue weighted by Gasteiger charge is -2.38. The molecule has 150 valence electrons. The van der Waals surface area contributed by atoms with Crippen LogP contribution in [0.15, 0.2) is 24.3 Å². The van der Waals surface area contributed by atoms with E-state index in [1.807, 2.05) is 24.3 Å². The van der Waals surface area contributed by atoms with Crippen LogP contribution in [0.2, 0.25) is 0 Å². The first-order chi connectivity index (χ1) is 13.2. The van der Waals surface area contributed by atoms with Gasteiger partial charge in [-0.15, -0.1) is 10.2 Å². The maximum absolute atomic E-state index is 13.1. The zero-order chi connectivity index (χ0) is 20.5. The molecular formula is C20H26N4O3S. The number of anilines is 1. The van der Waals surface area contributed by atoms with Crippen molar-refractivity contribution < 1.29 is 14.3 Å². The molecule has 2 atom stereocenters. The van der Waals surface area contributed by atoms with Gasteiger partial charge in [-0.3, -0.25) is 9.59 Å². The van der Waals surface area contributed by atoms with Crippen molar-refractivity contribution in [3.05, 3.63) is 34.8 Å². The second-order valence-electron chi connectivity index (χ2n) is 8.02. The minimum absolute atomic E-state index is 0.0378. The average molecular weight is 403 g/mol. The Labute approximate surface area is 169 Å². The molecule has 1 saturated heterocycles. The number of carbonyl (C=O) groups is 2. The van der Waals surface area contributed by atoms with Crippen LogP contribution in [0.3, 0.4) is 0 Å². The molecule has 0 aliphatic carbocycles. The van der Waals surface area contributed by atoms with E-state index in [9.17, 15) is 9.59 Å². The number of piperidine rings is 1. The standard InChI is InChI=1S/C20H26N4O3S/c1-20(2,3)18-22-23-19(28-18)21-17(26)14-10-11-15(25)24(4)16(14)12-6-8-13(27-5)9-7-12/h6-9,14,16H,10-11H2,1-5H3,(H,21,23,26). The van der Waals surface area contributed by atoms with Crippen molar-refractivity contribution in [2.75, 3.05) is 19.5 Å². The number of benzene rings is 1. The second-order valence-corrected chi connectivity index (χ2v) is 9.00. The number of hydrogen-bond acceptors (Lipinski definition) is 6. The van der Waals surface area contributed by atoms with E-state index in [0.717, 1.165) is 16.3 Å². The van der Waals surface area contributed by atoms with E-state index < -0.39 is 0 Å². The molecule has 8 heteroatoms. The summed E-state index contributed by atoms with van der Waals surface area (Å²) in [5.41, 5.74) is 0.785. The van der Waals surface area contributed by atoms with E-state index in [1.165, 1.54) is 11.3 Å². The van der Waals surface area contributed by atoms with Crippen molar-refractivity contribution in [1.82, 2.24) is 15.1 Å². The third-order valence-electron chi connectivity index (χ3n) is 4.95. The molecule has 28 heavy (non-hydrogen) atoms. The van der Waals surface area contributed by atoms with Crippen LogP contribution in [0.1, 0.15) is 50.2 Å². The third kappa shape index (κ3) is 4.16. The van der Waals surface area contributed by atoms with Gasteiger partial charge in [-0.25, -0.2) is 0 Å². The van der Waals surface area contributed by atoms with E-state index in [-0.39, 0.29) is 29.2 Å². The molecule has 0 spiro atoms. The number of likely N-dealkylation sites (tertiary alicyclic amines) is 1. The van der Waals surface area contributed by atoms with Crippen molar-refractivity contribution in [3.63, 3.8) is 0 Å². The van der Waals surface area contributed by atoms with Gasteiger partial charge in [0.05, 0.1) is 19.1 Å². The van der Waals surface area contributed by atoms with E-state index >= 15 is 0 Å². The highest BCUT2D eigenvalue weighted by Crippen LogP contribution is 2.37. The summed E-state index contributed by atoms with van der Waals surface area (Å²) in [6, 6.07) is 7.17. The van der Waals surface area contributed by atoms with Crippen molar-refractivity contribution in [2.24, 2.45) is 5.92 Å². The van der Waals surface area contributed by atoms with Crippen LogP contribution >= 0.6 is 11.3 Å². The highest BCUT2D eigenvalue weighted by atomic mass is 32.1. The van der Waals surface area contributed by atoms with Crippen molar-refractivity contribution in [3.8, 4) is 5.75 Å². The van der Waals surface area contributed by atoms with Crippen LogP contribution in [0.4, 0.5) is 5.13 Å². The number of nitrogens with zero attached hydrogens (tertiary/aromatic N) is 3. The van der Waals surface area contributed by atoms with E-state index in [1.54, 1.807) is 19.1 Å². The fraction of sp³-hybridized carbons (Fsp3) is 0.500. The monoisotopic (exact) mass is 402 g/mol. The Morgan fingerprint density at radius 2 is 1.93 bits per heavy atom. The number of aromatic nitrogens is 2. The number of methoxy groups -OCH3 is 1. The number of carbonyl (C=O) groups excluding carboxylic acids is 2. The van der Waals surface area contributed by atoms with Gasteiger partial charge in [-0.2, -0.15) is 0 Å². The molecule has 7 nitrogen and oxygen atoms in total. The fourth-order valence-corrected chi connectivity index (χ4v) is 4.15. The van der Waals surface area contributed by atoms with Gasteiger partial charge in [0, 0.05) is 18.9 Å². The van der Waals surface area contributed by atoms with Gasteiger partial charge in [-0.1, -0.05) is 44.2 Å². The molecule has 2 amide bonds.